The maximum atomic E-state index is 13.1. The van der Waals surface area contributed by atoms with Crippen molar-refractivity contribution in [1.82, 2.24) is 4.90 Å². The van der Waals surface area contributed by atoms with Crippen molar-refractivity contribution in [3.05, 3.63) is 53.6 Å². The average molecular weight is 436 g/mol. The van der Waals surface area contributed by atoms with Crippen LogP contribution in [0.2, 0.25) is 0 Å². The monoisotopic (exact) mass is 435 g/mol. The molecule has 0 radical (unpaired) electrons. The summed E-state index contributed by atoms with van der Waals surface area (Å²) in [4.78, 5) is 28.1. The van der Waals surface area contributed by atoms with Gasteiger partial charge in [-0.1, -0.05) is 18.2 Å². The van der Waals surface area contributed by atoms with E-state index in [1.807, 2.05) is 29.2 Å². The molecule has 2 aliphatic carbocycles. The van der Waals surface area contributed by atoms with Gasteiger partial charge in [-0.05, 0) is 68.4 Å². The number of hydrogen-bond donors (Lipinski definition) is 2. The van der Waals surface area contributed by atoms with Gasteiger partial charge < -0.3 is 25.4 Å². The Labute approximate surface area is 187 Å². The van der Waals surface area contributed by atoms with E-state index in [4.69, 9.17) is 15.2 Å². The lowest BCUT2D eigenvalue weighted by Crippen LogP contribution is -2.44. The van der Waals surface area contributed by atoms with Crippen LogP contribution in [0.25, 0.3) is 0 Å². The Balaban J connectivity index is 1.34. The molecule has 3 aliphatic rings. The van der Waals surface area contributed by atoms with Crippen molar-refractivity contribution in [3.63, 3.8) is 0 Å². The smallest absolute Gasteiger partial charge is 0.255 e. The summed E-state index contributed by atoms with van der Waals surface area (Å²) in [6, 6.07) is 13.3. The highest BCUT2D eigenvalue weighted by Crippen LogP contribution is 2.36. The summed E-state index contributed by atoms with van der Waals surface area (Å²) in [6.45, 7) is 0.660. The minimum Gasteiger partial charge on any atom is -0.454 e. The molecule has 2 amide bonds. The van der Waals surface area contributed by atoms with Crippen molar-refractivity contribution in [2.75, 3.05) is 12.1 Å². The molecule has 0 unspecified atom stereocenters. The summed E-state index contributed by atoms with van der Waals surface area (Å²) in [6.07, 6.45) is 5.72. The molecular formula is C25H29N3O4. The third kappa shape index (κ3) is 4.43. The predicted molar refractivity (Wildman–Crippen MR) is 120 cm³/mol. The van der Waals surface area contributed by atoms with Crippen molar-refractivity contribution < 1.29 is 19.1 Å². The molecule has 2 aromatic carbocycles. The second-order valence-electron chi connectivity index (χ2n) is 8.99. The number of rotatable bonds is 6. The number of anilines is 1. The first kappa shape index (κ1) is 20.8. The normalized spacial score (nSPS) is 21.8. The lowest BCUT2D eigenvalue weighted by Gasteiger charge is -2.36. The van der Waals surface area contributed by atoms with E-state index < -0.39 is 0 Å². The van der Waals surface area contributed by atoms with Gasteiger partial charge in [0.2, 0.25) is 12.7 Å². The van der Waals surface area contributed by atoms with Gasteiger partial charge >= 0.3 is 0 Å². The molecule has 0 atom stereocenters. The number of nitrogens with one attached hydrogen (secondary N) is 1. The van der Waals surface area contributed by atoms with Crippen LogP contribution in [0.1, 0.15) is 54.4 Å². The molecule has 5 rings (SSSR count). The first-order valence-corrected chi connectivity index (χ1v) is 11.4. The number of carbonyl (C=O) groups is 2. The Bertz CT molecular complexity index is 1010. The average Bonchev–Trinajstić information content (AvgIpc) is 3.55. The first-order valence-electron chi connectivity index (χ1n) is 11.4. The Hall–Kier alpha value is -3.06. The fraction of sp³-hybridized carbons (Fsp3) is 0.440. The number of nitrogens with two attached hydrogens (primary N) is 1. The number of amides is 2. The molecule has 168 valence electrons. The maximum Gasteiger partial charge on any atom is 0.255 e. The number of para-hydroxylation sites is 1. The fourth-order valence-electron chi connectivity index (χ4n) is 4.56. The number of hydrogen-bond acceptors (Lipinski definition) is 5. The first-order chi connectivity index (χ1) is 15.6. The molecule has 0 saturated heterocycles. The van der Waals surface area contributed by atoms with Crippen LogP contribution < -0.4 is 20.5 Å². The highest BCUT2D eigenvalue weighted by atomic mass is 16.7. The Morgan fingerprint density at radius 1 is 0.969 bits per heavy atom. The van der Waals surface area contributed by atoms with Crippen molar-refractivity contribution >= 4 is 17.5 Å². The van der Waals surface area contributed by atoms with E-state index in [1.54, 1.807) is 18.2 Å². The van der Waals surface area contributed by atoms with E-state index in [-0.39, 0.29) is 36.6 Å². The Kier molecular flexibility index (Phi) is 5.74. The molecule has 2 saturated carbocycles. The number of benzene rings is 2. The van der Waals surface area contributed by atoms with Gasteiger partial charge in [0.1, 0.15) is 0 Å². The molecular weight excluding hydrogens is 406 g/mol. The molecule has 7 heteroatoms. The lowest BCUT2D eigenvalue weighted by molar-refractivity contribution is -0.136. The third-order valence-electron chi connectivity index (χ3n) is 6.63. The molecule has 3 N–H and O–H groups in total. The largest absolute Gasteiger partial charge is 0.454 e. The highest BCUT2D eigenvalue weighted by Gasteiger charge is 2.37. The Morgan fingerprint density at radius 2 is 1.72 bits per heavy atom. The zero-order valence-electron chi connectivity index (χ0n) is 18.1. The summed E-state index contributed by atoms with van der Waals surface area (Å²) >= 11 is 0. The van der Waals surface area contributed by atoms with Gasteiger partial charge in [0.15, 0.2) is 11.5 Å². The Morgan fingerprint density at radius 3 is 2.50 bits per heavy atom. The molecule has 1 heterocycles. The SMILES string of the molecule is NC1CCC(N(Cc2ccccc2NC(=O)c2ccc3c(c2)OCO3)C(=O)C2CC2)CC1. The van der Waals surface area contributed by atoms with E-state index in [1.165, 1.54) is 0 Å². The lowest BCUT2D eigenvalue weighted by atomic mass is 9.90. The van der Waals surface area contributed by atoms with Crippen LogP contribution in [0.15, 0.2) is 42.5 Å². The minimum atomic E-state index is -0.223. The third-order valence-corrected chi connectivity index (χ3v) is 6.63. The van der Waals surface area contributed by atoms with Crippen LogP contribution in [0.4, 0.5) is 5.69 Å². The topological polar surface area (TPSA) is 93.9 Å². The standard InChI is InChI=1S/C25H29N3O4/c26-19-8-10-20(11-9-19)28(25(30)16-5-6-16)14-18-3-1-2-4-21(18)27-24(29)17-7-12-22-23(13-17)32-15-31-22/h1-4,7,12-13,16,19-20H,5-6,8-11,14-15,26H2,(H,27,29). The summed E-state index contributed by atoms with van der Waals surface area (Å²) < 4.78 is 10.7. The zero-order chi connectivity index (χ0) is 22.1. The fourth-order valence-corrected chi connectivity index (χ4v) is 4.56. The van der Waals surface area contributed by atoms with Crippen molar-refractivity contribution in [1.29, 1.82) is 0 Å². The van der Waals surface area contributed by atoms with Crippen LogP contribution in [0, 0.1) is 5.92 Å². The molecule has 1 aliphatic heterocycles. The van der Waals surface area contributed by atoms with Gasteiger partial charge in [0.25, 0.3) is 5.91 Å². The highest BCUT2D eigenvalue weighted by molar-refractivity contribution is 6.05. The van der Waals surface area contributed by atoms with Gasteiger partial charge in [0, 0.05) is 35.8 Å². The van der Waals surface area contributed by atoms with E-state index in [0.29, 0.717) is 23.6 Å². The summed E-state index contributed by atoms with van der Waals surface area (Å²) in [5, 5.41) is 3.02. The number of fused-ring (bicyclic) bond motifs is 1. The minimum absolute atomic E-state index is 0.154. The molecule has 0 spiro atoms. The molecule has 2 fully saturated rings. The van der Waals surface area contributed by atoms with E-state index in [0.717, 1.165) is 49.8 Å². The van der Waals surface area contributed by atoms with Gasteiger partial charge in [-0.25, -0.2) is 0 Å². The number of nitrogens with zero attached hydrogens (tertiary/aromatic N) is 1. The summed E-state index contributed by atoms with van der Waals surface area (Å²) in [7, 11) is 0. The van der Waals surface area contributed by atoms with Crippen molar-refractivity contribution in [2.24, 2.45) is 11.7 Å². The predicted octanol–water partition coefficient (Wildman–Crippen LogP) is 3.68. The van der Waals surface area contributed by atoms with Crippen LogP contribution in [-0.4, -0.2) is 35.6 Å². The van der Waals surface area contributed by atoms with Gasteiger partial charge in [-0.2, -0.15) is 0 Å². The van der Waals surface area contributed by atoms with Crippen molar-refractivity contribution in [2.45, 2.75) is 57.2 Å². The molecule has 32 heavy (non-hydrogen) atoms. The summed E-state index contributed by atoms with van der Waals surface area (Å²) in [5.74, 6) is 1.38. The zero-order valence-corrected chi connectivity index (χ0v) is 18.1. The van der Waals surface area contributed by atoms with E-state index >= 15 is 0 Å². The van der Waals surface area contributed by atoms with Crippen LogP contribution in [-0.2, 0) is 11.3 Å². The van der Waals surface area contributed by atoms with Crippen LogP contribution in [0.3, 0.4) is 0 Å². The second kappa shape index (κ2) is 8.82. The molecule has 2 aromatic rings. The molecule has 7 nitrogen and oxygen atoms in total. The van der Waals surface area contributed by atoms with Crippen molar-refractivity contribution in [3.8, 4) is 11.5 Å². The number of carbonyl (C=O) groups excluding carboxylic acids is 2. The van der Waals surface area contributed by atoms with E-state index in [2.05, 4.69) is 5.32 Å². The molecule has 0 bridgehead atoms. The van der Waals surface area contributed by atoms with Crippen LogP contribution >= 0.6 is 0 Å². The second-order valence-corrected chi connectivity index (χ2v) is 8.99. The summed E-state index contributed by atoms with van der Waals surface area (Å²) in [5.41, 5.74) is 8.25. The molecule has 0 aromatic heterocycles. The van der Waals surface area contributed by atoms with Gasteiger partial charge in [-0.3, -0.25) is 9.59 Å². The van der Waals surface area contributed by atoms with Crippen LogP contribution in [0.5, 0.6) is 11.5 Å². The number of ether oxygens (including phenoxy) is 2. The quantitative estimate of drug-likeness (QED) is 0.722. The van der Waals surface area contributed by atoms with Gasteiger partial charge in [0.05, 0.1) is 0 Å². The van der Waals surface area contributed by atoms with Gasteiger partial charge in [-0.15, -0.1) is 0 Å². The maximum absolute atomic E-state index is 13.1. The van der Waals surface area contributed by atoms with E-state index in [9.17, 15) is 9.59 Å².